The smallest absolute Gasteiger partial charge is 0.264 e. The van der Waals surface area contributed by atoms with Gasteiger partial charge in [-0.3, -0.25) is 14.0 Å². The number of anilines is 2. The van der Waals surface area contributed by atoms with E-state index in [-0.39, 0.29) is 5.56 Å². The maximum atomic E-state index is 13.5. The fourth-order valence-corrected chi connectivity index (χ4v) is 5.97. The van der Waals surface area contributed by atoms with Gasteiger partial charge in [-0.2, -0.15) is 5.10 Å². The lowest BCUT2D eigenvalue weighted by atomic mass is 9.97. The van der Waals surface area contributed by atoms with Crippen molar-refractivity contribution in [3.63, 3.8) is 0 Å². The number of nitrogens with one attached hydrogen (secondary N) is 1. The molecule has 4 aromatic rings. The SMILES string of the molecule is C=CCn1c(Nc2c(C)nn(CCc3ccccc3)c2C)nc2sc3c(c2c1=O)CCCC3. The van der Waals surface area contributed by atoms with E-state index in [2.05, 4.69) is 43.1 Å². The van der Waals surface area contributed by atoms with Crippen LogP contribution >= 0.6 is 11.3 Å². The number of aromatic nitrogens is 4. The molecule has 1 aliphatic carbocycles. The first kappa shape index (κ1) is 21.6. The molecule has 0 atom stereocenters. The Hall–Kier alpha value is -3.19. The van der Waals surface area contributed by atoms with Gasteiger partial charge >= 0.3 is 0 Å². The molecule has 7 heteroatoms. The fraction of sp³-hybridized carbons (Fsp3) is 0.346. The first-order chi connectivity index (χ1) is 16.1. The summed E-state index contributed by atoms with van der Waals surface area (Å²) < 4.78 is 3.74. The van der Waals surface area contributed by atoms with Gasteiger partial charge in [-0.15, -0.1) is 17.9 Å². The summed E-state index contributed by atoms with van der Waals surface area (Å²) in [5, 5.41) is 9.01. The third-order valence-corrected chi connectivity index (χ3v) is 7.65. The van der Waals surface area contributed by atoms with E-state index in [4.69, 9.17) is 10.1 Å². The number of hydrogen-bond acceptors (Lipinski definition) is 5. The number of thiophene rings is 1. The predicted molar refractivity (Wildman–Crippen MR) is 136 cm³/mol. The maximum absolute atomic E-state index is 13.5. The Balaban J connectivity index is 1.51. The summed E-state index contributed by atoms with van der Waals surface area (Å²) in [6.45, 7) is 9.12. The third-order valence-electron chi connectivity index (χ3n) is 6.46. The molecule has 5 rings (SSSR count). The molecule has 0 unspecified atom stereocenters. The van der Waals surface area contributed by atoms with Crippen LogP contribution in [0, 0.1) is 13.8 Å². The van der Waals surface area contributed by atoms with Crippen molar-refractivity contribution in [2.45, 2.75) is 59.0 Å². The lowest BCUT2D eigenvalue weighted by Gasteiger charge is -2.14. The zero-order valence-electron chi connectivity index (χ0n) is 19.2. The first-order valence-electron chi connectivity index (χ1n) is 11.6. The topological polar surface area (TPSA) is 64.7 Å². The van der Waals surface area contributed by atoms with Crippen molar-refractivity contribution in [3.05, 3.63) is 80.7 Å². The molecule has 33 heavy (non-hydrogen) atoms. The van der Waals surface area contributed by atoms with Crippen molar-refractivity contribution < 1.29 is 0 Å². The molecule has 0 amide bonds. The van der Waals surface area contributed by atoms with Crippen LogP contribution in [-0.2, 0) is 32.4 Å². The summed E-state index contributed by atoms with van der Waals surface area (Å²) in [5.74, 6) is 0.555. The maximum Gasteiger partial charge on any atom is 0.264 e. The van der Waals surface area contributed by atoms with Gasteiger partial charge in [0, 0.05) is 18.0 Å². The Morgan fingerprint density at radius 3 is 2.76 bits per heavy atom. The van der Waals surface area contributed by atoms with Gasteiger partial charge in [0.05, 0.1) is 22.5 Å². The Kier molecular flexibility index (Phi) is 5.89. The molecule has 170 valence electrons. The van der Waals surface area contributed by atoms with Crippen molar-refractivity contribution in [1.29, 1.82) is 0 Å². The van der Waals surface area contributed by atoms with E-state index in [1.54, 1.807) is 22.0 Å². The van der Waals surface area contributed by atoms with Crippen molar-refractivity contribution in [2.24, 2.45) is 0 Å². The van der Waals surface area contributed by atoms with Crippen LogP contribution in [0.1, 0.15) is 40.2 Å². The molecule has 3 heterocycles. The van der Waals surface area contributed by atoms with E-state index in [1.165, 1.54) is 22.4 Å². The number of nitrogens with zero attached hydrogens (tertiary/aromatic N) is 4. The van der Waals surface area contributed by atoms with E-state index in [1.807, 2.05) is 17.7 Å². The molecule has 0 fully saturated rings. The van der Waals surface area contributed by atoms with Crippen molar-refractivity contribution in [3.8, 4) is 0 Å². The van der Waals surface area contributed by atoms with E-state index in [0.717, 1.165) is 59.5 Å². The van der Waals surface area contributed by atoms with Crippen LogP contribution in [0.3, 0.4) is 0 Å². The lowest BCUT2D eigenvalue weighted by molar-refractivity contribution is 0.594. The fourth-order valence-electron chi connectivity index (χ4n) is 4.72. The van der Waals surface area contributed by atoms with Crippen LogP contribution in [0.4, 0.5) is 11.6 Å². The molecule has 6 nitrogen and oxygen atoms in total. The Morgan fingerprint density at radius 2 is 1.97 bits per heavy atom. The van der Waals surface area contributed by atoms with Gasteiger partial charge in [0.2, 0.25) is 5.95 Å². The van der Waals surface area contributed by atoms with Gasteiger partial charge in [-0.25, -0.2) is 4.98 Å². The third kappa shape index (κ3) is 4.02. The predicted octanol–water partition coefficient (Wildman–Crippen LogP) is 5.32. The summed E-state index contributed by atoms with van der Waals surface area (Å²) in [6, 6.07) is 10.4. The van der Waals surface area contributed by atoms with Crippen molar-refractivity contribution in [2.75, 3.05) is 5.32 Å². The van der Waals surface area contributed by atoms with Crippen LogP contribution in [0.15, 0.2) is 47.8 Å². The van der Waals surface area contributed by atoms with Crippen molar-refractivity contribution in [1.82, 2.24) is 19.3 Å². The molecule has 3 aromatic heterocycles. The minimum Gasteiger partial charge on any atom is -0.322 e. The quantitative estimate of drug-likeness (QED) is 0.380. The van der Waals surface area contributed by atoms with E-state index in [9.17, 15) is 4.79 Å². The number of fused-ring (bicyclic) bond motifs is 3. The van der Waals surface area contributed by atoms with Gasteiger partial charge in [-0.05, 0) is 57.1 Å². The highest BCUT2D eigenvalue weighted by molar-refractivity contribution is 7.18. The second-order valence-corrected chi connectivity index (χ2v) is 9.74. The molecule has 0 saturated heterocycles. The summed E-state index contributed by atoms with van der Waals surface area (Å²) in [5.41, 5.74) is 5.36. The minimum atomic E-state index is 0.0218. The Labute approximate surface area is 197 Å². The van der Waals surface area contributed by atoms with E-state index >= 15 is 0 Å². The summed E-state index contributed by atoms with van der Waals surface area (Å²) >= 11 is 1.67. The summed E-state index contributed by atoms with van der Waals surface area (Å²) in [4.78, 5) is 20.6. The number of allylic oxidation sites excluding steroid dienone is 1. The average molecular weight is 460 g/mol. The number of benzene rings is 1. The molecule has 1 aromatic carbocycles. The largest absolute Gasteiger partial charge is 0.322 e. The highest BCUT2D eigenvalue weighted by Gasteiger charge is 2.23. The molecular formula is C26H29N5OS. The van der Waals surface area contributed by atoms with Gasteiger partial charge in [0.25, 0.3) is 5.56 Å². The second kappa shape index (κ2) is 8.98. The zero-order chi connectivity index (χ0) is 22.9. The summed E-state index contributed by atoms with van der Waals surface area (Å²) in [6.07, 6.45) is 7.01. The summed E-state index contributed by atoms with van der Waals surface area (Å²) in [7, 11) is 0. The van der Waals surface area contributed by atoms with Crippen LogP contribution < -0.4 is 10.9 Å². The molecular weight excluding hydrogens is 430 g/mol. The average Bonchev–Trinajstić information content (AvgIpc) is 3.33. The number of rotatable bonds is 7. The van der Waals surface area contributed by atoms with Crippen LogP contribution in [0.25, 0.3) is 10.2 Å². The van der Waals surface area contributed by atoms with Gasteiger partial charge < -0.3 is 5.32 Å². The zero-order valence-corrected chi connectivity index (χ0v) is 20.0. The molecule has 0 radical (unpaired) electrons. The highest BCUT2D eigenvalue weighted by Crippen LogP contribution is 2.35. The Morgan fingerprint density at radius 1 is 1.18 bits per heavy atom. The van der Waals surface area contributed by atoms with Gasteiger partial charge in [-0.1, -0.05) is 36.4 Å². The molecule has 0 bridgehead atoms. The van der Waals surface area contributed by atoms with Crippen molar-refractivity contribution >= 4 is 33.2 Å². The number of aryl methyl sites for hydroxylation is 5. The van der Waals surface area contributed by atoms with Crippen LogP contribution in [0.5, 0.6) is 0 Å². The van der Waals surface area contributed by atoms with Gasteiger partial charge in [0.15, 0.2) is 0 Å². The first-order valence-corrected chi connectivity index (χ1v) is 12.4. The van der Waals surface area contributed by atoms with E-state index in [0.29, 0.717) is 12.5 Å². The molecule has 0 saturated carbocycles. The molecule has 0 spiro atoms. The minimum absolute atomic E-state index is 0.0218. The lowest BCUT2D eigenvalue weighted by Crippen LogP contribution is -2.24. The normalized spacial score (nSPS) is 13.3. The van der Waals surface area contributed by atoms with Crippen LogP contribution in [-0.4, -0.2) is 19.3 Å². The molecule has 1 aliphatic rings. The van der Waals surface area contributed by atoms with E-state index < -0.39 is 0 Å². The standard InChI is InChI=1S/C26H29N5OS/c1-4-15-30-25(32)22-20-12-8-9-13-21(20)33-24(22)28-26(30)27-23-17(2)29-31(18(23)3)16-14-19-10-6-5-7-11-19/h4-7,10-11H,1,8-9,12-16H2,2-3H3,(H,27,28). The van der Waals surface area contributed by atoms with Crippen LogP contribution in [0.2, 0.25) is 0 Å². The monoisotopic (exact) mass is 459 g/mol. The molecule has 1 N–H and O–H groups in total. The molecule has 0 aliphatic heterocycles. The Bertz CT molecular complexity index is 1380. The second-order valence-electron chi connectivity index (χ2n) is 8.66. The number of hydrogen-bond donors (Lipinski definition) is 1. The highest BCUT2D eigenvalue weighted by atomic mass is 32.1. The van der Waals surface area contributed by atoms with Gasteiger partial charge in [0.1, 0.15) is 4.83 Å².